The maximum atomic E-state index is 13.1. The Balaban J connectivity index is 1.70. The summed E-state index contributed by atoms with van der Waals surface area (Å²) in [6, 6.07) is 1.55. The molecule has 4 heterocycles. The first-order valence-electron chi connectivity index (χ1n) is 12.7. The van der Waals surface area contributed by atoms with Crippen molar-refractivity contribution in [2.75, 3.05) is 19.7 Å². The van der Waals surface area contributed by atoms with Gasteiger partial charge in [0, 0.05) is 24.8 Å². The van der Waals surface area contributed by atoms with Gasteiger partial charge in [-0.15, -0.1) is 0 Å². The topological polar surface area (TPSA) is 132 Å². The lowest BCUT2D eigenvalue weighted by atomic mass is 10.1. The zero-order valence-electron chi connectivity index (χ0n) is 22.3. The van der Waals surface area contributed by atoms with Crippen LogP contribution in [0.1, 0.15) is 76.5 Å². The van der Waals surface area contributed by atoms with Gasteiger partial charge in [-0.1, -0.05) is 20.3 Å². The van der Waals surface area contributed by atoms with Gasteiger partial charge in [-0.3, -0.25) is 14.3 Å². The minimum absolute atomic E-state index is 0.0878. The van der Waals surface area contributed by atoms with E-state index in [0.717, 1.165) is 18.5 Å². The molecule has 198 valence electrons. The average molecular weight is 511 g/mol. The molecule has 1 aliphatic heterocycles. The fraction of sp³-hybridized carbons (Fsp3) is 0.538. The smallest absolute Gasteiger partial charge is 0.410 e. The highest BCUT2D eigenvalue weighted by Crippen LogP contribution is 2.30. The minimum Gasteiger partial charge on any atom is -0.477 e. The van der Waals surface area contributed by atoms with E-state index in [1.807, 2.05) is 27.7 Å². The van der Waals surface area contributed by atoms with Gasteiger partial charge in [0.2, 0.25) is 5.88 Å². The summed E-state index contributed by atoms with van der Waals surface area (Å²) in [5.74, 6) is 0.412. The molecule has 0 saturated carbocycles. The Morgan fingerprint density at radius 1 is 1.19 bits per heavy atom. The zero-order valence-corrected chi connectivity index (χ0v) is 22.3. The number of Topliss-reactive ketones (excluding diaryl/α,β-unsaturated/α-hetero) is 1. The second kappa shape index (κ2) is 10.3. The van der Waals surface area contributed by atoms with E-state index in [1.54, 1.807) is 15.6 Å². The Kier molecular flexibility index (Phi) is 7.33. The second-order valence-electron chi connectivity index (χ2n) is 10.2. The van der Waals surface area contributed by atoms with E-state index in [4.69, 9.17) is 14.5 Å². The lowest BCUT2D eigenvalue weighted by Crippen LogP contribution is -2.52. The first-order chi connectivity index (χ1) is 17.5. The molecule has 0 unspecified atom stereocenters. The number of hydrogen-bond acceptors (Lipinski definition) is 8. The van der Waals surface area contributed by atoms with Crippen molar-refractivity contribution in [3.05, 3.63) is 33.9 Å². The molecule has 0 radical (unpaired) electrons. The molecule has 11 heteroatoms. The molecule has 37 heavy (non-hydrogen) atoms. The summed E-state index contributed by atoms with van der Waals surface area (Å²) in [6.07, 6.45) is 3.47. The third kappa shape index (κ3) is 5.50. The molecule has 0 aliphatic carbocycles. The number of hydrogen-bond donors (Lipinski definition) is 1. The van der Waals surface area contributed by atoms with Gasteiger partial charge in [0.25, 0.3) is 5.56 Å². The summed E-state index contributed by atoms with van der Waals surface area (Å²) in [4.78, 5) is 51.0. The van der Waals surface area contributed by atoms with Crippen LogP contribution in [0.15, 0.2) is 17.1 Å². The van der Waals surface area contributed by atoms with Gasteiger partial charge >= 0.3 is 6.09 Å². The third-order valence-corrected chi connectivity index (χ3v) is 6.10. The fourth-order valence-corrected chi connectivity index (χ4v) is 4.12. The molecule has 1 aliphatic rings. The average Bonchev–Trinajstić information content (AvgIpc) is 3.15. The highest BCUT2D eigenvalue weighted by atomic mass is 16.6. The fourth-order valence-electron chi connectivity index (χ4n) is 4.12. The van der Waals surface area contributed by atoms with E-state index in [1.165, 1.54) is 13.1 Å². The molecule has 0 spiro atoms. The van der Waals surface area contributed by atoms with Crippen LogP contribution >= 0.6 is 0 Å². The molecule has 3 aromatic rings. The number of rotatable bonds is 8. The summed E-state index contributed by atoms with van der Waals surface area (Å²) in [5, 5.41) is 4.57. The highest BCUT2D eigenvalue weighted by Gasteiger charge is 2.37. The number of ketones is 1. The number of ether oxygens (including phenoxy) is 2. The van der Waals surface area contributed by atoms with Crippen molar-refractivity contribution in [3.8, 4) is 17.3 Å². The van der Waals surface area contributed by atoms with E-state index in [0.29, 0.717) is 48.6 Å². The van der Waals surface area contributed by atoms with Crippen LogP contribution in [0.3, 0.4) is 0 Å². The van der Waals surface area contributed by atoms with Crippen LogP contribution in [-0.2, 0) is 11.2 Å². The Labute approximate surface area is 215 Å². The van der Waals surface area contributed by atoms with Crippen LogP contribution in [0.2, 0.25) is 0 Å². The molecule has 11 nitrogen and oxygen atoms in total. The van der Waals surface area contributed by atoms with Crippen molar-refractivity contribution < 1.29 is 19.1 Å². The van der Waals surface area contributed by atoms with Gasteiger partial charge in [0.1, 0.15) is 16.9 Å². The summed E-state index contributed by atoms with van der Waals surface area (Å²) >= 11 is 0. The number of aryl methyl sites for hydroxylation is 1. The number of fused-ring (bicyclic) bond motifs is 1. The van der Waals surface area contributed by atoms with Crippen molar-refractivity contribution in [2.24, 2.45) is 0 Å². The molecule has 1 saturated heterocycles. The molecule has 0 atom stereocenters. The summed E-state index contributed by atoms with van der Waals surface area (Å²) in [7, 11) is 0. The molecular weight excluding hydrogens is 476 g/mol. The Bertz CT molecular complexity index is 1380. The number of H-pyrrole nitrogens is 1. The molecule has 0 bridgehead atoms. The van der Waals surface area contributed by atoms with Crippen LogP contribution in [0.4, 0.5) is 4.79 Å². The van der Waals surface area contributed by atoms with Gasteiger partial charge in [0.15, 0.2) is 11.3 Å². The monoisotopic (exact) mass is 510 g/mol. The first-order valence-corrected chi connectivity index (χ1v) is 12.7. The Hall–Kier alpha value is -3.76. The summed E-state index contributed by atoms with van der Waals surface area (Å²) < 4.78 is 13.1. The minimum atomic E-state index is -0.571. The molecule has 0 aromatic carbocycles. The SMILES string of the molecule is CCCCOc1ncc(C(C)=O)cc1-c1nc2c(CC)n(C3CN(C(=O)OC(C)(C)C)C3)nc2c(=O)[nH]1. The largest absolute Gasteiger partial charge is 0.477 e. The number of aromatic amines is 1. The van der Waals surface area contributed by atoms with Crippen LogP contribution in [0, 0.1) is 0 Å². The van der Waals surface area contributed by atoms with Crippen LogP contribution in [0.5, 0.6) is 5.88 Å². The lowest BCUT2D eigenvalue weighted by Gasteiger charge is -2.40. The number of amides is 1. The molecule has 1 fully saturated rings. The van der Waals surface area contributed by atoms with Crippen molar-refractivity contribution in [1.29, 1.82) is 0 Å². The van der Waals surface area contributed by atoms with Gasteiger partial charge in [0.05, 0.1) is 23.9 Å². The molecule has 3 aromatic heterocycles. The first kappa shape index (κ1) is 26.3. The standard InChI is InChI=1S/C26H34N6O5/c1-7-9-10-36-24-18(11-16(12-27-24)15(3)33)22-28-20-19(8-2)32(30-21(20)23(34)29-22)17-13-31(14-17)25(35)37-26(4,5)6/h11-12,17H,7-10,13-14H2,1-6H3,(H,28,29,34). The van der Waals surface area contributed by atoms with Crippen LogP contribution in [0.25, 0.3) is 22.4 Å². The molecule has 4 rings (SSSR count). The van der Waals surface area contributed by atoms with Gasteiger partial charge in [-0.25, -0.2) is 14.8 Å². The number of nitrogens with one attached hydrogen (secondary N) is 1. The van der Waals surface area contributed by atoms with E-state index in [2.05, 4.69) is 22.0 Å². The van der Waals surface area contributed by atoms with Crippen LogP contribution in [-0.4, -0.2) is 66.8 Å². The Morgan fingerprint density at radius 3 is 2.54 bits per heavy atom. The van der Waals surface area contributed by atoms with Crippen molar-refractivity contribution in [2.45, 2.75) is 72.4 Å². The van der Waals surface area contributed by atoms with Crippen molar-refractivity contribution >= 4 is 22.9 Å². The maximum absolute atomic E-state index is 13.1. The van der Waals surface area contributed by atoms with Crippen LogP contribution < -0.4 is 10.3 Å². The molecular formula is C26H34N6O5. The highest BCUT2D eigenvalue weighted by molar-refractivity contribution is 5.95. The number of nitrogens with zero attached hydrogens (tertiary/aromatic N) is 5. The summed E-state index contributed by atoms with van der Waals surface area (Å²) in [5.41, 5.74) is 1.36. The van der Waals surface area contributed by atoms with E-state index in [9.17, 15) is 14.4 Å². The number of carbonyl (C=O) groups is 2. The Morgan fingerprint density at radius 2 is 1.92 bits per heavy atom. The second-order valence-corrected chi connectivity index (χ2v) is 10.2. The zero-order chi connectivity index (χ0) is 26.9. The molecule has 1 amide bonds. The van der Waals surface area contributed by atoms with Gasteiger partial charge < -0.3 is 19.4 Å². The lowest BCUT2D eigenvalue weighted by molar-refractivity contribution is -0.000647. The van der Waals surface area contributed by atoms with E-state index in [-0.39, 0.29) is 29.3 Å². The number of carbonyl (C=O) groups excluding carboxylic acids is 2. The van der Waals surface area contributed by atoms with Gasteiger partial charge in [-0.2, -0.15) is 5.10 Å². The van der Waals surface area contributed by atoms with Crippen molar-refractivity contribution in [1.82, 2.24) is 29.6 Å². The van der Waals surface area contributed by atoms with Crippen molar-refractivity contribution in [3.63, 3.8) is 0 Å². The number of unbranched alkanes of at least 4 members (excludes halogenated alkanes) is 1. The van der Waals surface area contributed by atoms with E-state index < -0.39 is 11.2 Å². The predicted molar refractivity (Wildman–Crippen MR) is 138 cm³/mol. The quantitative estimate of drug-likeness (QED) is 0.356. The van der Waals surface area contributed by atoms with E-state index >= 15 is 0 Å². The summed E-state index contributed by atoms with van der Waals surface area (Å²) in [6.45, 7) is 12.3. The third-order valence-electron chi connectivity index (χ3n) is 6.10. The van der Waals surface area contributed by atoms with Gasteiger partial charge in [-0.05, 0) is 46.6 Å². The number of likely N-dealkylation sites (tertiary alicyclic amines) is 1. The number of pyridine rings is 1. The molecule has 1 N–H and O–H groups in total. The predicted octanol–water partition coefficient (Wildman–Crippen LogP) is 3.92. The normalized spacial score (nSPS) is 14.1. The number of aromatic nitrogens is 5. The maximum Gasteiger partial charge on any atom is 0.410 e.